The summed E-state index contributed by atoms with van der Waals surface area (Å²) >= 11 is 0. The number of rotatable bonds is 5. The maximum absolute atomic E-state index is 12.9. The summed E-state index contributed by atoms with van der Waals surface area (Å²) in [7, 11) is 0. The fourth-order valence-electron chi connectivity index (χ4n) is 3.31. The van der Waals surface area contributed by atoms with E-state index in [0.29, 0.717) is 6.04 Å². The van der Waals surface area contributed by atoms with E-state index in [9.17, 15) is 4.79 Å². The number of nitrogens with one attached hydrogen (secondary N) is 1. The zero-order chi connectivity index (χ0) is 14.8. The van der Waals surface area contributed by atoms with Crippen molar-refractivity contribution in [3.63, 3.8) is 0 Å². The number of benzene rings is 1. The summed E-state index contributed by atoms with van der Waals surface area (Å²) in [6.07, 6.45) is 5.00. The van der Waals surface area contributed by atoms with Gasteiger partial charge < -0.3 is 10.2 Å². The maximum atomic E-state index is 12.9. The average Bonchev–Trinajstić information content (AvgIpc) is 3.10. The molecule has 1 aromatic carbocycles. The van der Waals surface area contributed by atoms with Gasteiger partial charge in [0.2, 0.25) is 0 Å². The first-order valence-corrected chi connectivity index (χ1v) is 8.23. The fraction of sp³-hybridized carbons (Fsp3) is 0.611. The van der Waals surface area contributed by atoms with E-state index in [2.05, 4.69) is 30.1 Å². The predicted molar refractivity (Wildman–Crippen MR) is 85.6 cm³/mol. The summed E-state index contributed by atoms with van der Waals surface area (Å²) in [6.45, 7) is 7.02. The summed E-state index contributed by atoms with van der Waals surface area (Å²) < 4.78 is 0. The topological polar surface area (TPSA) is 32.3 Å². The van der Waals surface area contributed by atoms with Crippen molar-refractivity contribution in [2.24, 2.45) is 5.92 Å². The maximum Gasteiger partial charge on any atom is 0.253 e. The average molecular weight is 286 g/mol. The first kappa shape index (κ1) is 14.6. The Morgan fingerprint density at radius 1 is 1.14 bits per heavy atom. The monoisotopic (exact) mass is 286 g/mol. The molecule has 1 saturated heterocycles. The van der Waals surface area contributed by atoms with Crippen LogP contribution in [-0.2, 0) is 0 Å². The second kappa shape index (κ2) is 6.18. The molecule has 3 heteroatoms. The van der Waals surface area contributed by atoms with Crippen molar-refractivity contribution in [1.82, 2.24) is 10.2 Å². The lowest BCUT2D eigenvalue weighted by Crippen LogP contribution is -2.42. The fourth-order valence-corrected chi connectivity index (χ4v) is 3.31. The van der Waals surface area contributed by atoms with Crippen LogP contribution in [0.3, 0.4) is 0 Å². The van der Waals surface area contributed by atoms with Crippen molar-refractivity contribution < 1.29 is 4.79 Å². The Labute approximate surface area is 127 Å². The Kier molecular flexibility index (Phi) is 4.29. The molecule has 2 fully saturated rings. The number of hydrogen-bond donors (Lipinski definition) is 1. The van der Waals surface area contributed by atoms with Crippen LogP contribution in [0.2, 0.25) is 0 Å². The van der Waals surface area contributed by atoms with Crippen molar-refractivity contribution in [2.75, 3.05) is 19.6 Å². The molecule has 1 unspecified atom stereocenters. The van der Waals surface area contributed by atoms with Gasteiger partial charge in [-0.3, -0.25) is 4.79 Å². The highest BCUT2D eigenvalue weighted by Gasteiger charge is 2.29. The van der Waals surface area contributed by atoms with Crippen molar-refractivity contribution in [3.05, 3.63) is 34.9 Å². The largest absolute Gasteiger partial charge is 0.337 e. The van der Waals surface area contributed by atoms with Crippen LogP contribution in [0.4, 0.5) is 0 Å². The molecule has 2 aliphatic rings. The van der Waals surface area contributed by atoms with Crippen LogP contribution in [0.25, 0.3) is 0 Å². The summed E-state index contributed by atoms with van der Waals surface area (Å²) in [5.74, 6) is 0.948. The van der Waals surface area contributed by atoms with Gasteiger partial charge in [0.1, 0.15) is 0 Å². The van der Waals surface area contributed by atoms with Gasteiger partial charge in [-0.15, -0.1) is 0 Å². The molecular weight excluding hydrogens is 260 g/mol. The minimum atomic E-state index is 0.211. The molecule has 0 radical (unpaired) electrons. The van der Waals surface area contributed by atoms with E-state index >= 15 is 0 Å². The minimum Gasteiger partial charge on any atom is -0.337 e. The van der Waals surface area contributed by atoms with Gasteiger partial charge in [0, 0.05) is 24.7 Å². The van der Waals surface area contributed by atoms with E-state index < -0.39 is 0 Å². The molecule has 0 spiro atoms. The van der Waals surface area contributed by atoms with Crippen molar-refractivity contribution in [2.45, 2.75) is 45.6 Å². The Morgan fingerprint density at radius 3 is 2.43 bits per heavy atom. The highest BCUT2D eigenvalue weighted by Crippen LogP contribution is 2.30. The smallest absolute Gasteiger partial charge is 0.253 e. The molecule has 1 saturated carbocycles. The SMILES string of the molecule is Cc1cc(C)cc(C(=O)N(CC2CC2)CC2CCCN2)c1. The minimum absolute atomic E-state index is 0.211. The van der Waals surface area contributed by atoms with Crippen LogP contribution in [0, 0.1) is 19.8 Å². The summed E-state index contributed by atoms with van der Waals surface area (Å²) in [4.78, 5) is 15.0. The molecule has 1 N–H and O–H groups in total. The zero-order valence-corrected chi connectivity index (χ0v) is 13.2. The molecule has 3 nitrogen and oxygen atoms in total. The molecule has 1 aliphatic carbocycles. The molecule has 1 atom stereocenters. The Hall–Kier alpha value is -1.35. The van der Waals surface area contributed by atoms with Crippen LogP contribution in [0.15, 0.2) is 18.2 Å². The molecule has 3 rings (SSSR count). The molecule has 0 aromatic heterocycles. The molecule has 0 bridgehead atoms. The molecule has 1 amide bonds. The number of nitrogens with zero attached hydrogens (tertiary/aromatic N) is 1. The highest BCUT2D eigenvalue weighted by atomic mass is 16.2. The highest BCUT2D eigenvalue weighted by molar-refractivity contribution is 5.94. The molecular formula is C18H26N2O. The van der Waals surface area contributed by atoms with Crippen molar-refractivity contribution in [3.8, 4) is 0 Å². The number of amides is 1. The van der Waals surface area contributed by atoms with Crippen molar-refractivity contribution >= 4 is 5.91 Å². The normalized spacial score (nSPS) is 21.5. The third kappa shape index (κ3) is 3.85. The van der Waals surface area contributed by atoms with Gasteiger partial charge in [0.05, 0.1) is 0 Å². The van der Waals surface area contributed by atoms with Gasteiger partial charge in [-0.2, -0.15) is 0 Å². The quantitative estimate of drug-likeness (QED) is 0.902. The van der Waals surface area contributed by atoms with Crippen LogP contribution in [0.1, 0.15) is 47.2 Å². The van der Waals surface area contributed by atoms with Crippen molar-refractivity contribution in [1.29, 1.82) is 0 Å². The molecule has 1 aromatic rings. The lowest BCUT2D eigenvalue weighted by molar-refractivity contribution is 0.0733. The number of aryl methyl sites for hydroxylation is 2. The van der Waals surface area contributed by atoms with E-state index in [4.69, 9.17) is 0 Å². The Morgan fingerprint density at radius 2 is 1.86 bits per heavy atom. The standard InChI is InChI=1S/C18H26N2O/c1-13-8-14(2)10-16(9-13)18(21)20(11-15-5-6-15)12-17-4-3-7-19-17/h8-10,15,17,19H,3-7,11-12H2,1-2H3. The molecule has 1 heterocycles. The van der Waals surface area contributed by atoms with Gasteiger partial charge in [-0.25, -0.2) is 0 Å². The lowest BCUT2D eigenvalue weighted by atomic mass is 10.1. The second-order valence-corrected chi connectivity index (χ2v) is 6.82. The first-order valence-electron chi connectivity index (χ1n) is 8.23. The van der Waals surface area contributed by atoms with E-state index in [1.165, 1.54) is 36.8 Å². The van der Waals surface area contributed by atoms with Crippen LogP contribution in [-0.4, -0.2) is 36.5 Å². The third-order valence-corrected chi connectivity index (χ3v) is 4.53. The second-order valence-electron chi connectivity index (χ2n) is 6.82. The summed E-state index contributed by atoms with van der Waals surface area (Å²) in [5.41, 5.74) is 3.19. The van der Waals surface area contributed by atoms with Gasteiger partial charge in [0.25, 0.3) is 5.91 Å². The number of hydrogen-bond acceptors (Lipinski definition) is 2. The number of carbonyl (C=O) groups excluding carboxylic acids is 1. The molecule has 21 heavy (non-hydrogen) atoms. The van der Waals surface area contributed by atoms with E-state index in [1.807, 2.05) is 12.1 Å². The van der Waals surface area contributed by atoms with Gasteiger partial charge in [-0.05, 0) is 64.1 Å². The summed E-state index contributed by atoms with van der Waals surface area (Å²) in [6, 6.07) is 6.66. The predicted octanol–water partition coefficient (Wildman–Crippen LogP) is 2.91. The third-order valence-electron chi connectivity index (χ3n) is 4.53. The lowest BCUT2D eigenvalue weighted by Gasteiger charge is -2.26. The van der Waals surface area contributed by atoms with Gasteiger partial charge in [-0.1, -0.05) is 17.2 Å². The molecule has 114 valence electrons. The van der Waals surface area contributed by atoms with Gasteiger partial charge >= 0.3 is 0 Å². The number of carbonyl (C=O) groups is 1. The van der Waals surface area contributed by atoms with Crippen LogP contribution in [0.5, 0.6) is 0 Å². The van der Waals surface area contributed by atoms with E-state index in [1.54, 1.807) is 0 Å². The zero-order valence-electron chi connectivity index (χ0n) is 13.2. The Bertz CT molecular complexity index is 496. The first-order chi connectivity index (χ1) is 10.1. The van der Waals surface area contributed by atoms with Crippen LogP contribution >= 0.6 is 0 Å². The van der Waals surface area contributed by atoms with Crippen LogP contribution < -0.4 is 5.32 Å². The van der Waals surface area contributed by atoms with E-state index in [-0.39, 0.29) is 5.91 Å². The van der Waals surface area contributed by atoms with Gasteiger partial charge in [0.15, 0.2) is 0 Å². The molecule has 1 aliphatic heterocycles. The summed E-state index contributed by atoms with van der Waals surface area (Å²) in [5, 5.41) is 3.52. The van der Waals surface area contributed by atoms with E-state index in [0.717, 1.165) is 31.1 Å². The Balaban J connectivity index is 1.74.